The summed E-state index contributed by atoms with van der Waals surface area (Å²) in [6.07, 6.45) is -1.08. The number of halogens is 3. The topological polar surface area (TPSA) is 75.6 Å². The third-order valence-corrected chi connectivity index (χ3v) is 7.41. The number of nitrogens with one attached hydrogen (secondary N) is 1. The molecule has 178 valence electrons. The molecular weight excluding hydrogens is 459 g/mol. The second-order valence-corrected chi connectivity index (χ2v) is 15.0. The lowest BCUT2D eigenvalue weighted by Crippen LogP contribution is -2.60. The summed E-state index contributed by atoms with van der Waals surface area (Å²) >= 11 is 0. The molecule has 2 aromatic carbocycles. The first-order valence-corrected chi connectivity index (χ1v) is 15.0. The van der Waals surface area contributed by atoms with Crippen LogP contribution in [-0.4, -0.2) is 39.5 Å². The van der Waals surface area contributed by atoms with Crippen molar-refractivity contribution in [1.82, 2.24) is 4.72 Å². The molecule has 0 spiro atoms. The van der Waals surface area contributed by atoms with Crippen molar-refractivity contribution in [2.75, 3.05) is 0 Å². The van der Waals surface area contributed by atoms with Crippen LogP contribution in [0.2, 0.25) is 19.6 Å². The summed E-state index contributed by atoms with van der Waals surface area (Å²) in [7, 11) is -8.14. The average molecular weight is 490 g/mol. The van der Waals surface area contributed by atoms with E-state index in [1.54, 1.807) is 67.1 Å². The zero-order valence-corrected chi connectivity index (χ0v) is 20.8. The second-order valence-electron chi connectivity index (χ2n) is 8.88. The molecule has 0 amide bonds. The molecule has 0 aliphatic heterocycles. The van der Waals surface area contributed by atoms with E-state index in [-0.39, 0.29) is 11.1 Å². The van der Waals surface area contributed by atoms with Crippen molar-refractivity contribution in [1.29, 1.82) is 0 Å². The number of aryl methyl sites for hydroxylation is 2. The summed E-state index contributed by atoms with van der Waals surface area (Å²) in [5.41, 5.74) is -5.94. The minimum Gasteiger partial charge on any atom is -0.413 e. The van der Waals surface area contributed by atoms with Crippen molar-refractivity contribution >= 4 is 18.3 Å². The van der Waals surface area contributed by atoms with Gasteiger partial charge in [-0.1, -0.05) is 48.5 Å². The molecule has 2 rings (SSSR count). The number of hydrogen-bond donors (Lipinski definition) is 2. The van der Waals surface area contributed by atoms with Crippen LogP contribution in [-0.2, 0) is 20.1 Å². The number of alkyl halides is 3. The van der Waals surface area contributed by atoms with E-state index in [1.807, 2.05) is 19.6 Å². The van der Waals surface area contributed by atoms with Gasteiger partial charge in [-0.3, -0.25) is 0 Å². The Morgan fingerprint density at radius 1 is 0.938 bits per heavy atom. The minimum atomic E-state index is -5.80. The van der Waals surface area contributed by atoms with Gasteiger partial charge in [0.15, 0.2) is 8.32 Å². The Morgan fingerprint density at radius 2 is 1.34 bits per heavy atom. The van der Waals surface area contributed by atoms with Gasteiger partial charge in [0.05, 0.1) is 12.1 Å². The van der Waals surface area contributed by atoms with Crippen LogP contribution in [0.25, 0.3) is 0 Å². The van der Waals surface area contributed by atoms with Gasteiger partial charge in [0.25, 0.3) is 0 Å². The van der Waals surface area contributed by atoms with Gasteiger partial charge in [0.2, 0.25) is 0 Å². The Kier molecular flexibility index (Phi) is 7.68. The third kappa shape index (κ3) is 5.60. The van der Waals surface area contributed by atoms with Gasteiger partial charge < -0.3 is 9.53 Å². The molecule has 0 aromatic heterocycles. The van der Waals surface area contributed by atoms with E-state index >= 15 is 0 Å². The molecule has 2 atom stereocenters. The maximum Gasteiger partial charge on any atom is 0.511 e. The molecule has 0 radical (unpaired) electrons. The molecule has 0 aliphatic rings. The minimum absolute atomic E-state index is 0.287. The monoisotopic (exact) mass is 489 g/mol. The number of benzene rings is 2. The first-order chi connectivity index (χ1) is 14.5. The van der Waals surface area contributed by atoms with Crippen LogP contribution in [0.5, 0.6) is 0 Å². The van der Waals surface area contributed by atoms with Crippen LogP contribution in [0.4, 0.5) is 13.2 Å². The summed E-state index contributed by atoms with van der Waals surface area (Å²) < 4.78 is 72.3. The van der Waals surface area contributed by atoms with Gasteiger partial charge >= 0.3 is 15.5 Å². The summed E-state index contributed by atoms with van der Waals surface area (Å²) in [5.74, 6) is 0. The van der Waals surface area contributed by atoms with E-state index in [4.69, 9.17) is 4.43 Å². The van der Waals surface area contributed by atoms with E-state index < -0.39 is 41.6 Å². The quantitative estimate of drug-likeness (QED) is 0.532. The highest BCUT2D eigenvalue weighted by Gasteiger charge is 2.53. The van der Waals surface area contributed by atoms with Gasteiger partial charge in [-0.2, -0.15) is 17.9 Å². The zero-order valence-electron chi connectivity index (χ0n) is 19.0. The van der Waals surface area contributed by atoms with Crippen LogP contribution in [0, 0.1) is 13.8 Å². The van der Waals surface area contributed by atoms with Crippen molar-refractivity contribution in [3.63, 3.8) is 0 Å². The molecule has 10 heteroatoms. The van der Waals surface area contributed by atoms with E-state index in [9.17, 15) is 26.7 Å². The van der Waals surface area contributed by atoms with Gasteiger partial charge in [0, 0.05) is 0 Å². The van der Waals surface area contributed by atoms with E-state index in [0.717, 1.165) is 0 Å². The predicted molar refractivity (Wildman–Crippen MR) is 121 cm³/mol. The van der Waals surface area contributed by atoms with Crippen LogP contribution in [0.1, 0.15) is 29.2 Å². The number of rotatable bonds is 8. The molecular formula is C22H30F3NO4SSi. The zero-order chi connectivity index (χ0) is 24.5. The fourth-order valence-electron chi connectivity index (χ4n) is 3.86. The highest BCUT2D eigenvalue weighted by atomic mass is 32.2. The Bertz CT molecular complexity index is 1010. The average Bonchev–Trinajstić information content (AvgIpc) is 2.64. The lowest BCUT2D eigenvalue weighted by atomic mass is 9.75. The molecule has 2 unspecified atom stereocenters. The smallest absolute Gasteiger partial charge is 0.413 e. The van der Waals surface area contributed by atoms with Gasteiger partial charge in [-0.25, -0.2) is 8.42 Å². The van der Waals surface area contributed by atoms with E-state index in [2.05, 4.69) is 0 Å². The molecule has 2 aromatic rings. The Morgan fingerprint density at radius 3 is 1.69 bits per heavy atom. The predicted octanol–water partition coefficient (Wildman–Crippen LogP) is 4.59. The number of sulfonamides is 1. The molecule has 0 bridgehead atoms. The lowest BCUT2D eigenvalue weighted by Gasteiger charge is -2.43. The lowest BCUT2D eigenvalue weighted by molar-refractivity contribution is -0.0488. The maximum absolute atomic E-state index is 13.4. The number of hydrogen-bond acceptors (Lipinski definition) is 4. The van der Waals surface area contributed by atoms with E-state index in [0.29, 0.717) is 11.1 Å². The summed E-state index contributed by atoms with van der Waals surface area (Å²) in [5, 5.41) is 12.2. The standard InChI is InChI=1S/C22H30F3NO4SSi/c1-15-11-7-9-13-18(15)21(27,19-14-10-8-12-16(19)2)20(17(3)30-32(4,5)6)26-31(28,29)22(23,24)25/h7-14,17,20,26-27H,1-6H3. The summed E-state index contributed by atoms with van der Waals surface area (Å²) in [6.45, 7) is 10.4. The molecule has 5 nitrogen and oxygen atoms in total. The van der Waals surface area contributed by atoms with Crippen molar-refractivity contribution in [2.24, 2.45) is 0 Å². The third-order valence-electron chi connectivity index (χ3n) is 5.16. The summed E-state index contributed by atoms with van der Waals surface area (Å²) in [4.78, 5) is 0. The molecule has 0 fully saturated rings. The molecule has 0 saturated carbocycles. The van der Waals surface area contributed by atoms with Gasteiger partial charge in [-0.05, 0) is 62.7 Å². The first-order valence-electron chi connectivity index (χ1n) is 10.1. The molecule has 32 heavy (non-hydrogen) atoms. The fourth-order valence-corrected chi connectivity index (χ4v) is 5.94. The summed E-state index contributed by atoms with van der Waals surface area (Å²) in [6, 6.07) is 11.7. The second kappa shape index (κ2) is 9.26. The van der Waals surface area contributed by atoms with Crippen LogP contribution in [0.3, 0.4) is 0 Å². The van der Waals surface area contributed by atoms with E-state index in [1.165, 1.54) is 6.92 Å². The number of aliphatic hydroxyl groups is 1. The van der Waals surface area contributed by atoms with Crippen molar-refractivity contribution in [3.8, 4) is 0 Å². The molecule has 0 aliphatic carbocycles. The van der Waals surface area contributed by atoms with Crippen molar-refractivity contribution < 1.29 is 31.1 Å². The van der Waals surface area contributed by atoms with Crippen LogP contribution in [0.15, 0.2) is 48.5 Å². The molecule has 0 saturated heterocycles. The van der Waals surface area contributed by atoms with Gasteiger partial charge in [0.1, 0.15) is 5.60 Å². The van der Waals surface area contributed by atoms with Crippen molar-refractivity contribution in [2.45, 2.75) is 63.7 Å². The van der Waals surface area contributed by atoms with Crippen LogP contribution >= 0.6 is 0 Å². The largest absolute Gasteiger partial charge is 0.511 e. The maximum atomic E-state index is 13.4. The Hall–Kier alpha value is -1.72. The molecule has 0 heterocycles. The Balaban J connectivity index is 2.86. The molecule has 2 N–H and O–H groups in total. The first kappa shape index (κ1) is 26.5. The normalized spacial score (nSPS) is 15.4. The highest BCUT2D eigenvalue weighted by Crippen LogP contribution is 2.40. The Labute approximate surface area is 188 Å². The van der Waals surface area contributed by atoms with Crippen LogP contribution < -0.4 is 4.72 Å². The van der Waals surface area contributed by atoms with Gasteiger partial charge in [-0.15, -0.1) is 0 Å². The van der Waals surface area contributed by atoms with Crippen molar-refractivity contribution in [3.05, 3.63) is 70.8 Å². The fraction of sp³-hybridized carbons (Fsp3) is 0.455. The highest BCUT2D eigenvalue weighted by molar-refractivity contribution is 7.90. The SMILES string of the molecule is Cc1ccccc1C(O)(c1ccccc1C)C(NS(=O)(=O)C(F)(F)F)C(C)O[Si](C)(C)C.